The average molecular weight is 408 g/mol. The van der Waals surface area contributed by atoms with Crippen LogP contribution in [0.4, 0.5) is 0 Å². The van der Waals surface area contributed by atoms with Crippen molar-refractivity contribution in [2.45, 2.75) is 25.4 Å². The van der Waals surface area contributed by atoms with Crippen LogP contribution in [0.1, 0.15) is 34.1 Å². The molecule has 0 radical (unpaired) electrons. The fraction of sp³-hybridized carbons (Fsp3) is 0.391. The van der Waals surface area contributed by atoms with E-state index in [1.807, 2.05) is 30.2 Å². The van der Waals surface area contributed by atoms with Gasteiger partial charge in [-0.15, -0.1) is 0 Å². The van der Waals surface area contributed by atoms with Gasteiger partial charge < -0.3 is 4.57 Å². The fourth-order valence-corrected chi connectivity index (χ4v) is 4.90. The van der Waals surface area contributed by atoms with E-state index in [1.54, 1.807) is 0 Å². The summed E-state index contributed by atoms with van der Waals surface area (Å²) in [6.07, 6.45) is 7.96. The van der Waals surface area contributed by atoms with Crippen LogP contribution >= 0.6 is 11.6 Å². The number of halogens is 1. The van der Waals surface area contributed by atoms with Crippen molar-refractivity contribution >= 4 is 11.6 Å². The maximum Gasteiger partial charge on any atom is 0.0947 e. The molecule has 1 atom stereocenters. The summed E-state index contributed by atoms with van der Waals surface area (Å²) in [5.74, 6) is 0. The second-order valence-electron chi connectivity index (χ2n) is 8.14. The Labute approximate surface area is 176 Å². The zero-order chi connectivity index (χ0) is 19.8. The molecule has 6 heteroatoms. The first-order valence-corrected chi connectivity index (χ1v) is 10.7. The van der Waals surface area contributed by atoms with Crippen LogP contribution in [0.3, 0.4) is 0 Å². The van der Waals surface area contributed by atoms with Crippen molar-refractivity contribution in [3.8, 4) is 0 Å². The lowest BCUT2D eigenvalue weighted by Gasteiger charge is -2.39. The molecule has 1 fully saturated rings. The Bertz CT molecular complexity index is 1010. The van der Waals surface area contributed by atoms with E-state index in [4.69, 9.17) is 16.6 Å². The normalized spacial score (nSPS) is 20.1. The standard InChI is InChI=1S/C23H26ClN5/c1-27-14-20(26-16-27)15-28-9-11-29(12-10-28)23-21-7-6-19(24)13-18(21)5-4-17-3-2-8-25-22(17)23/h2-3,6-8,13-14,16,23H,4-5,9-12,15H2,1H3. The molecule has 0 amide bonds. The van der Waals surface area contributed by atoms with Crippen LogP contribution in [0.25, 0.3) is 0 Å². The topological polar surface area (TPSA) is 37.2 Å². The predicted octanol–water partition coefficient (Wildman–Crippen LogP) is 3.47. The third-order valence-electron chi connectivity index (χ3n) is 6.16. The molecule has 1 aliphatic heterocycles. The van der Waals surface area contributed by atoms with Gasteiger partial charge in [0.05, 0.1) is 23.8 Å². The highest BCUT2D eigenvalue weighted by Gasteiger charge is 2.32. The van der Waals surface area contributed by atoms with E-state index in [0.717, 1.165) is 56.3 Å². The molecule has 150 valence electrons. The molecule has 1 aromatic carbocycles. The lowest BCUT2D eigenvalue weighted by Crippen LogP contribution is -2.47. The predicted molar refractivity (Wildman–Crippen MR) is 115 cm³/mol. The molecule has 1 unspecified atom stereocenters. The molecule has 1 saturated heterocycles. The van der Waals surface area contributed by atoms with Crippen molar-refractivity contribution in [1.82, 2.24) is 24.3 Å². The number of piperazine rings is 1. The molecule has 3 aromatic rings. The number of hydrogen-bond acceptors (Lipinski definition) is 4. The molecule has 0 N–H and O–H groups in total. The number of hydrogen-bond donors (Lipinski definition) is 0. The van der Waals surface area contributed by atoms with E-state index in [0.29, 0.717) is 0 Å². The molecule has 3 heterocycles. The third-order valence-corrected chi connectivity index (χ3v) is 6.40. The monoisotopic (exact) mass is 407 g/mol. The highest BCUT2D eigenvalue weighted by atomic mass is 35.5. The Hall–Kier alpha value is -2.21. The summed E-state index contributed by atoms with van der Waals surface area (Å²) >= 11 is 6.33. The Morgan fingerprint density at radius 1 is 1.03 bits per heavy atom. The molecular formula is C23H26ClN5. The van der Waals surface area contributed by atoms with Crippen LogP contribution in [-0.4, -0.2) is 50.5 Å². The Kier molecular flexibility index (Phi) is 5.12. The first-order chi connectivity index (χ1) is 14.2. The maximum absolute atomic E-state index is 6.33. The van der Waals surface area contributed by atoms with Crippen LogP contribution in [0.2, 0.25) is 5.02 Å². The first-order valence-electron chi connectivity index (χ1n) is 10.3. The summed E-state index contributed by atoms with van der Waals surface area (Å²) in [6.45, 7) is 5.04. The van der Waals surface area contributed by atoms with Gasteiger partial charge in [-0.1, -0.05) is 23.7 Å². The number of fused-ring (bicyclic) bond motifs is 2. The largest absolute Gasteiger partial charge is 0.340 e. The first kappa shape index (κ1) is 18.8. The lowest BCUT2D eigenvalue weighted by molar-refractivity contribution is 0.102. The van der Waals surface area contributed by atoms with Gasteiger partial charge in [-0.05, 0) is 47.7 Å². The van der Waals surface area contributed by atoms with Gasteiger partial charge in [-0.3, -0.25) is 14.8 Å². The van der Waals surface area contributed by atoms with E-state index in [2.05, 4.69) is 45.2 Å². The summed E-state index contributed by atoms with van der Waals surface area (Å²) in [4.78, 5) is 14.4. The molecular weight excluding hydrogens is 382 g/mol. The minimum absolute atomic E-state index is 0.206. The van der Waals surface area contributed by atoms with Gasteiger partial charge in [-0.2, -0.15) is 0 Å². The van der Waals surface area contributed by atoms with E-state index >= 15 is 0 Å². The van der Waals surface area contributed by atoms with Crippen molar-refractivity contribution < 1.29 is 0 Å². The zero-order valence-corrected chi connectivity index (χ0v) is 17.5. The number of aromatic nitrogens is 3. The van der Waals surface area contributed by atoms with Crippen LogP contribution in [0.15, 0.2) is 49.1 Å². The van der Waals surface area contributed by atoms with Crippen molar-refractivity contribution in [2.75, 3.05) is 26.2 Å². The summed E-state index contributed by atoms with van der Waals surface area (Å²) in [5.41, 5.74) is 6.44. The van der Waals surface area contributed by atoms with Crippen molar-refractivity contribution in [2.24, 2.45) is 7.05 Å². The number of aryl methyl sites for hydroxylation is 3. The summed E-state index contributed by atoms with van der Waals surface area (Å²) in [6, 6.07) is 10.9. The van der Waals surface area contributed by atoms with Gasteiger partial charge in [0.25, 0.3) is 0 Å². The van der Waals surface area contributed by atoms with Crippen LogP contribution in [0.5, 0.6) is 0 Å². The summed E-state index contributed by atoms with van der Waals surface area (Å²) in [7, 11) is 2.02. The fourth-order valence-electron chi connectivity index (χ4n) is 4.71. The van der Waals surface area contributed by atoms with Gasteiger partial charge in [0, 0.05) is 57.2 Å². The highest BCUT2D eigenvalue weighted by molar-refractivity contribution is 6.30. The lowest BCUT2D eigenvalue weighted by atomic mass is 9.96. The molecule has 0 bridgehead atoms. The number of pyridine rings is 1. The van der Waals surface area contributed by atoms with Gasteiger partial charge in [0.2, 0.25) is 0 Å². The van der Waals surface area contributed by atoms with Crippen LogP contribution < -0.4 is 0 Å². The molecule has 2 aromatic heterocycles. The van der Waals surface area contributed by atoms with Gasteiger partial charge in [-0.25, -0.2) is 4.98 Å². The summed E-state index contributed by atoms with van der Waals surface area (Å²) < 4.78 is 2.02. The molecule has 2 aliphatic rings. The molecule has 29 heavy (non-hydrogen) atoms. The van der Waals surface area contributed by atoms with Crippen LogP contribution in [0, 0.1) is 0 Å². The van der Waals surface area contributed by atoms with E-state index in [-0.39, 0.29) is 6.04 Å². The Morgan fingerprint density at radius 2 is 1.86 bits per heavy atom. The minimum atomic E-state index is 0.206. The number of rotatable bonds is 3. The second kappa shape index (κ2) is 7.90. The van der Waals surface area contributed by atoms with Crippen molar-refractivity contribution in [3.05, 3.63) is 82.2 Å². The van der Waals surface area contributed by atoms with Gasteiger partial charge in [0.1, 0.15) is 0 Å². The Balaban J connectivity index is 1.40. The smallest absolute Gasteiger partial charge is 0.0947 e. The van der Waals surface area contributed by atoms with E-state index < -0.39 is 0 Å². The number of nitrogens with zero attached hydrogens (tertiary/aromatic N) is 5. The number of imidazole rings is 1. The van der Waals surface area contributed by atoms with E-state index in [1.165, 1.54) is 22.4 Å². The molecule has 5 nitrogen and oxygen atoms in total. The van der Waals surface area contributed by atoms with Gasteiger partial charge >= 0.3 is 0 Å². The SMILES string of the molecule is Cn1cnc(CN2CCN(C3c4ccc(Cl)cc4CCc4cccnc43)CC2)c1. The minimum Gasteiger partial charge on any atom is -0.340 e. The highest BCUT2D eigenvalue weighted by Crippen LogP contribution is 2.37. The van der Waals surface area contributed by atoms with Crippen molar-refractivity contribution in [1.29, 1.82) is 0 Å². The number of benzene rings is 1. The van der Waals surface area contributed by atoms with Gasteiger partial charge in [0.15, 0.2) is 0 Å². The van der Waals surface area contributed by atoms with Crippen LogP contribution in [-0.2, 0) is 26.4 Å². The molecule has 0 saturated carbocycles. The second-order valence-corrected chi connectivity index (χ2v) is 8.57. The van der Waals surface area contributed by atoms with Crippen molar-refractivity contribution in [3.63, 3.8) is 0 Å². The maximum atomic E-state index is 6.33. The molecule has 1 aliphatic carbocycles. The third kappa shape index (κ3) is 3.82. The average Bonchev–Trinajstić information content (AvgIpc) is 3.06. The summed E-state index contributed by atoms with van der Waals surface area (Å²) in [5, 5.41) is 0.821. The van der Waals surface area contributed by atoms with E-state index in [9.17, 15) is 0 Å². The quantitative estimate of drug-likeness (QED) is 0.666. The molecule has 0 spiro atoms. The zero-order valence-electron chi connectivity index (χ0n) is 16.8. The Morgan fingerprint density at radius 3 is 2.66 bits per heavy atom. The molecule has 5 rings (SSSR count).